The molecule has 1 aromatic rings. The van der Waals surface area contributed by atoms with Crippen LogP contribution < -0.4 is 0 Å². The Morgan fingerprint density at radius 2 is 1.89 bits per heavy atom. The molecule has 1 rings (SSSR count). The number of hydrogen-bond acceptors (Lipinski definition) is 3. The zero-order valence-corrected chi connectivity index (χ0v) is 11.1. The van der Waals surface area contributed by atoms with Crippen molar-refractivity contribution in [2.24, 2.45) is 0 Å². The molecule has 0 amide bonds. The first kappa shape index (κ1) is 14.7. The Bertz CT molecular complexity index is 350. The van der Waals surface area contributed by atoms with E-state index in [9.17, 15) is 4.79 Å². The third-order valence-corrected chi connectivity index (χ3v) is 2.91. The number of carbonyl (C=O) groups is 1. The van der Waals surface area contributed by atoms with Crippen molar-refractivity contribution in [2.45, 2.75) is 64.8 Å². The summed E-state index contributed by atoms with van der Waals surface area (Å²) in [6, 6.07) is 0. The van der Waals surface area contributed by atoms with Crippen LogP contribution in [0.1, 0.15) is 57.6 Å². The predicted molar refractivity (Wildman–Crippen MR) is 69.4 cm³/mol. The number of hydrogen-bond donors (Lipinski definition) is 1. The minimum atomic E-state index is -0.863. The molecule has 5 heteroatoms. The normalized spacial score (nSPS) is 10.7. The Kier molecular flexibility index (Phi) is 7.06. The molecule has 0 aliphatic heterocycles. The van der Waals surface area contributed by atoms with Crippen molar-refractivity contribution in [3.05, 3.63) is 11.9 Å². The van der Waals surface area contributed by atoms with Gasteiger partial charge < -0.3 is 5.11 Å². The van der Waals surface area contributed by atoms with E-state index >= 15 is 0 Å². The summed E-state index contributed by atoms with van der Waals surface area (Å²) < 4.78 is 1.74. The van der Waals surface area contributed by atoms with Crippen LogP contribution in [0.25, 0.3) is 0 Å². The van der Waals surface area contributed by atoms with Crippen LogP contribution in [0.4, 0.5) is 0 Å². The van der Waals surface area contributed by atoms with Gasteiger partial charge in [-0.1, -0.05) is 50.7 Å². The SMILES string of the molecule is CCCCCCCCCn1cc(CC(=O)O)nn1. The number of carboxylic acid groups (broad SMARTS) is 1. The number of unbranched alkanes of at least 4 members (excludes halogenated alkanes) is 6. The molecule has 0 spiro atoms. The first-order chi connectivity index (χ1) is 8.72. The quantitative estimate of drug-likeness (QED) is 0.651. The van der Waals surface area contributed by atoms with E-state index in [0.717, 1.165) is 13.0 Å². The molecule has 0 atom stereocenters. The summed E-state index contributed by atoms with van der Waals surface area (Å²) in [5.41, 5.74) is 0.533. The first-order valence-electron chi connectivity index (χ1n) is 6.83. The van der Waals surface area contributed by atoms with Crippen LogP contribution in [0.3, 0.4) is 0 Å². The Hall–Kier alpha value is -1.39. The molecule has 0 saturated carbocycles. The van der Waals surface area contributed by atoms with E-state index < -0.39 is 5.97 Å². The van der Waals surface area contributed by atoms with E-state index in [-0.39, 0.29) is 6.42 Å². The van der Waals surface area contributed by atoms with Gasteiger partial charge in [-0.2, -0.15) is 0 Å². The van der Waals surface area contributed by atoms with Crippen LogP contribution in [0.5, 0.6) is 0 Å². The van der Waals surface area contributed by atoms with Crippen LogP contribution in [0.2, 0.25) is 0 Å². The van der Waals surface area contributed by atoms with Crippen molar-refractivity contribution in [1.82, 2.24) is 15.0 Å². The highest BCUT2D eigenvalue weighted by Crippen LogP contribution is 2.07. The smallest absolute Gasteiger partial charge is 0.309 e. The second-order valence-corrected chi connectivity index (χ2v) is 4.66. The highest BCUT2D eigenvalue weighted by Gasteiger charge is 2.04. The Balaban J connectivity index is 2.08. The van der Waals surface area contributed by atoms with Gasteiger partial charge in [0, 0.05) is 12.7 Å². The van der Waals surface area contributed by atoms with E-state index in [4.69, 9.17) is 5.11 Å². The highest BCUT2D eigenvalue weighted by atomic mass is 16.4. The highest BCUT2D eigenvalue weighted by molar-refractivity contribution is 5.69. The number of aromatic nitrogens is 3. The lowest BCUT2D eigenvalue weighted by atomic mass is 10.1. The molecule has 1 heterocycles. The van der Waals surface area contributed by atoms with Crippen molar-refractivity contribution in [3.8, 4) is 0 Å². The van der Waals surface area contributed by atoms with Gasteiger partial charge >= 0.3 is 5.97 Å². The minimum Gasteiger partial charge on any atom is -0.481 e. The number of aryl methyl sites for hydroxylation is 1. The summed E-state index contributed by atoms with van der Waals surface area (Å²) in [5, 5.41) is 16.4. The molecule has 0 bridgehead atoms. The Labute approximate surface area is 108 Å². The van der Waals surface area contributed by atoms with Gasteiger partial charge in [0.1, 0.15) is 0 Å². The van der Waals surface area contributed by atoms with Crippen molar-refractivity contribution in [1.29, 1.82) is 0 Å². The lowest BCUT2D eigenvalue weighted by Gasteiger charge is -2.01. The first-order valence-corrected chi connectivity index (χ1v) is 6.83. The van der Waals surface area contributed by atoms with Crippen molar-refractivity contribution < 1.29 is 9.90 Å². The molecule has 0 aromatic carbocycles. The number of aliphatic carboxylic acids is 1. The molecule has 0 unspecified atom stereocenters. The molecule has 102 valence electrons. The molecular weight excluding hydrogens is 230 g/mol. The van der Waals surface area contributed by atoms with Gasteiger partial charge in [-0.05, 0) is 6.42 Å². The lowest BCUT2D eigenvalue weighted by Crippen LogP contribution is -2.00. The molecule has 0 aliphatic rings. The third kappa shape index (κ3) is 6.37. The third-order valence-electron chi connectivity index (χ3n) is 2.91. The van der Waals surface area contributed by atoms with Crippen LogP contribution in [0.15, 0.2) is 6.20 Å². The standard InChI is InChI=1S/C13H23N3O2/c1-2-3-4-5-6-7-8-9-16-11-12(14-15-16)10-13(17)18/h11H,2-10H2,1H3,(H,17,18). The van der Waals surface area contributed by atoms with Crippen LogP contribution in [0, 0.1) is 0 Å². The zero-order chi connectivity index (χ0) is 13.2. The lowest BCUT2D eigenvalue weighted by molar-refractivity contribution is -0.136. The van der Waals surface area contributed by atoms with Gasteiger partial charge in [0.2, 0.25) is 0 Å². The molecule has 0 aliphatic carbocycles. The fourth-order valence-electron chi connectivity index (χ4n) is 1.91. The molecule has 18 heavy (non-hydrogen) atoms. The topological polar surface area (TPSA) is 68.0 Å². The van der Waals surface area contributed by atoms with E-state index in [1.54, 1.807) is 10.9 Å². The summed E-state index contributed by atoms with van der Waals surface area (Å²) in [6.07, 6.45) is 10.5. The maximum Gasteiger partial charge on any atom is 0.309 e. The maximum absolute atomic E-state index is 10.5. The van der Waals surface area contributed by atoms with Gasteiger partial charge in [0.05, 0.1) is 12.1 Å². The van der Waals surface area contributed by atoms with E-state index in [2.05, 4.69) is 17.2 Å². The van der Waals surface area contributed by atoms with Crippen LogP contribution in [-0.4, -0.2) is 26.1 Å². The molecule has 0 radical (unpaired) electrons. The molecule has 5 nitrogen and oxygen atoms in total. The van der Waals surface area contributed by atoms with E-state index in [1.165, 1.54) is 38.5 Å². The number of nitrogens with zero attached hydrogens (tertiary/aromatic N) is 3. The molecule has 0 saturated heterocycles. The zero-order valence-electron chi connectivity index (χ0n) is 11.1. The average Bonchev–Trinajstić information content (AvgIpc) is 2.75. The van der Waals surface area contributed by atoms with E-state index in [0.29, 0.717) is 5.69 Å². The van der Waals surface area contributed by atoms with Crippen molar-refractivity contribution in [2.75, 3.05) is 0 Å². The summed E-state index contributed by atoms with van der Waals surface area (Å²) >= 11 is 0. The fraction of sp³-hybridized carbons (Fsp3) is 0.769. The second-order valence-electron chi connectivity index (χ2n) is 4.66. The molecule has 0 fully saturated rings. The van der Waals surface area contributed by atoms with Crippen molar-refractivity contribution >= 4 is 5.97 Å². The summed E-state index contributed by atoms with van der Waals surface area (Å²) in [6.45, 7) is 3.06. The predicted octanol–water partition coefficient (Wildman–Crippen LogP) is 2.66. The van der Waals surface area contributed by atoms with Gasteiger partial charge in [0.15, 0.2) is 0 Å². The number of carboxylic acids is 1. The Morgan fingerprint density at radius 1 is 1.22 bits per heavy atom. The van der Waals surface area contributed by atoms with Crippen LogP contribution in [-0.2, 0) is 17.8 Å². The van der Waals surface area contributed by atoms with E-state index in [1.807, 2.05) is 0 Å². The van der Waals surface area contributed by atoms with Crippen molar-refractivity contribution in [3.63, 3.8) is 0 Å². The van der Waals surface area contributed by atoms with Crippen LogP contribution >= 0.6 is 0 Å². The largest absolute Gasteiger partial charge is 0.481 e. The molecule has 1 aromatic heterocycles. The number of rotatable bonds is 10. The summed E-state index contributed by atoms with van der Waals surface area (Å²) in [4.78, 5) is 10.5. The molecule has 1 N–H and O–H groups in total. The fourth-order valence-corrected chi connectivity index (χ4v) is 1.91. The summed E-state index contributed by atoms with van der Waals surface area (Å²) in [5.74, 6) is -0.863. The van der Waals surface area contributed by atoms with Gasteiger partial charge in [0.25, 0.3) is 0 Å². The molecular formula is C13H23N3O2. The van der Waals surface area contributed by atoms with Gasteiger partial charge in [-0.3, -0.25) is 9.48 Å². The second kappa shape index (κ2) is 8.66. The maximum atomic E-state index is 10.5. The monoisotopic (exact) mass is 253 g/mol. The van der Waals surface area contributed by atoms with Gasteiger partial charge in [-0.25, -0.2) is 0 Å². The minimum absolute atomic E-state index is 0.0446. The summed E-state index contributed by atoms with van der Waals surface area (Å²) in [7, 11) is 0. The van der Waals surface area contributed by atoms with Gasteiger partial charge in [-0.15, -0.1) is 5.10 Å². The average molecular weight is 253 g/mol. The Morgan fingerprint density at radius 3 is 2.56 bits per heavy atom.